The lowest BCUT2D eigenvalue weighted by molar-refractivity contribution is -0.00591. The Balaban J connectivity index is 5.74. The van der Waals surface area contributed by atoms with E-state index in [-0.39, 0.29) is 6.04 Å². The molecule has 1 N–H and O–H groups in total. The fraction of sp³-hybridized carbons (Fsp3) is 0.818. The van der Waals surface area contributed by atoms with E-state index in [1.807, 2.05) is 20.8 Å². The summed E-state index contributed by atoms with van der Waals surface area (Å²) < 4.78 is 10.9. The molecular weight excluding hydrogens is 356 g/mol. The first-order valence-corrected chi connectivity index (χ1v) is 10.5. The molecule has 0 heterocycles. The van der Waals surface area contributed by atoms with Crippen LogP contribution in [0.15, 0.2) is 11.6 Å². The number of nitrogens with one attached hydrogen (secondary N) is 1. The SMILES string of the molecule is CCCCCC(C=C(CC)CC)N(NC(=O)OC(C)(C)C)C(=O)OC(C)(C)C. The summed E-state index contributed by atoms with van der Waals surface area (Å²) in [6, 6.07) is -0.288. The summed E-state index contributed by atoms with van der Waals surface area (Å²) >= 11 is 0. The number of allylic oxidation sites excluding steroid dienone is 1. The molecule has 1 unspecified atom stereocenters. The average molecular weight is 399 g/mol. The smallest absolute Gasteiger partial charge is 0.429 e. The molecule has 164 valence electrons. The van der Waals surface area contributed by atoms with Gasteiger partial charge in [-0.25, -0.2) is 20.0 Å². The molecular formula is C22H42N2O4. The van der Waals surface area contributed by atoms with Gasteiger partial charge in [0.05, 0.1) is 6.04 Å². The molecule has 0 aromatic rings. The number of nitrogens with zero attached hydrogens (tertiary/aromatic N) is 1. The van der Waals surface area contributed by atoms with E-state index in [2.05, 4.69) is 32.3 Å². The van der Waals surface area contributed by atoms with Gasteiger partial charge in [0.15, 0.2) is 0 Å². The Bertz CT molecular complexity index is 510. The number of hydrazine groups is 1. The number of carbonyl (C=O) groups excluding carboxylic acids is 2. The molecule has 0 bridgehead atoms. The topological polar surface area (TPSA) is 67.9 Å². The van der Waals surface area contributed by atoms with Crippen molar-refractivity contribution in [1.82, 2.24) is 10.4 Å². The van der Waals surface area contributed by atoms with Crippen molar-refractivity contribution in [1.29, 1.82) is 0 Å². The Morgan fingerprint density at radius 1 is 0.929 bits per heavy atom. The molecule has 0 aromatic heterocycles. The summed E-state index contributed by atoms with van der Waals surface area (Å²) in [4.78, 5) is 25.3. The molecule has 0 aliphatic rings. The molecule has 2 amide bonds. The lowest BCUT2D eigenvalue weighted by atomic mass is 10.0. The molecule has 0 saturated carbocycles. The second-order valence-electron chi connectivity index (χ2n) is 9.06. The quantitative estimate of drug-likeness (QED) is 0.293. The fourth-order valence-electron chi connectivity index (χ4n) is 2.62. The highest BCUT2D eigenvalue weighted by Gasteiger charge is 2.30. The number of hydrogen-bond acceptors (Lipinski definition) is 4. The van der Waals surface area contributed by atoms with Crippen LogP contribution in [0.1, 0.15) is 101 Å². The Morgan fingerprint density at radius 2 is 1.46 bits per heavy atom. The van der Waals surface area contributed by atoms with Crippen LogP contribution in [0.5, 0.6) is 0 Å². The standard InChI is InChI=1S/C22H42N2O4/c1-10-13-14-15-18(16-17(11-2)12-3)24(20(26)28-22(7,8)9)23-19(25)27-21(4,5)6/h16,18H,10-15H2,1-9H3,(H,23,25). The van der Waals surface area contributed by atoms with Gasteiger partial charge in [0.25, 0.3) is 0 Å². The first kappa shape index (κ1) is 26.3. The molecule has 6 nitrogen and oxygen atoms in total. The molecule has 1 atom stereocenters. The first-order valence-electron chi connectivity index (χ1n) is 10.5. The Labute approximate surface area is 172 Å². The maximum atomic E-state index is 12.9. The van der Waals surface area contributed by atoms with Crippen molar-refractivity contribution in [3.05, 3.63) is 11.6 Å². The third-order valence-electron chi connectivity index (χ3n) is 3.97. The number of carbonyl (C=O) groups is 2. The highest BCUT2D eigenvalue weighted by molar-refractivity contribution is 5.75. The maximum Gasteiger partial charge on any atom is 0.429 e. The van der Waals surface area contributed by atoms with E-state index in [1.54, 1.807) is 20.8 Å². The molecule has 28 heavy (non-hydrogen) atoms. The first-order chi connectivity index (χ1) is 12.8. The van der Waals surface area contributed by atoms with Crippen molar-refractivity contribution in [3.8, 4) is 0 Å². The van der Waals surface area contributed by atoms with Crippen LogP contribution in [-0.4, -0.2) is 34.4 Å². The van der Waals surface area contributed by atoms with Crippen LogP contribution in [0.2, 0.25) is 0 Å². The van der Waals surface area contributed by atoms with Crippen molar-refractivity contribution in [2.75, 3.05) is 0 Å². The van der Waals surface area contributed by atoms with E-state index in [0.717, 1.165) is 38.5 Å². The van der Waals surface area contributed by atoms with Gasteiger partial charge < -0.3 is 9.47 Å². The Hall–Kier alpha value is -1.72. The summed E-state index contributed by atoms with van der Waals surface area (Å²) in [6.07, 6.45) is 6.47. The van der Waals surface area contributed by atoms with Crippen molar-refractivity contribution >= 4 is 12.2 Å². The Kier molecular flexibility index (Phi) is 11.2. The molecule has 0 fully saturated rings. The normalized spacial score (nSPS) is 12.8. The van der Waals surface area contributed by atoms with Gasteiger partial charge in [0.2, 0.25) is 0 Å². The zero-order chi connectivity index (χ0) is 22.0. The number of ether oxygens (including phenoxy) is 2. The fourth-order valence-corrected chi connectivity index (χ4v) is 2.62. The predicted octanol–water partition coefficient (Wildman–Crippen LogP) is 6.36. The largest absolute Gasteiger partial charge is 0.443 e. The molecule has 0 saturated heterocycles. The lowest BCUT2D eigenvalue weighted by Gasteiger charge is -2.33. The molecule has 0 rings (SSSR count). The number of hydrogen-bond donors (Lipinski definition) is 1. The maximum absolute atomic E-state index is 12.9. The zero-order valence-corrected chi connectivity index (χ0v) is 19.5. The van der Waals surface area contributed by atoms with E-state index < -0.39 is 23.4 Å². The van der Waals surface area contributed by atoms with Crippen LogP contribution in [0, 0.1) is 0 Å². The van der Waals surface area contributed by atoms with Crippen molar-refractivity contribution in [2.45, 2.75) is 118 Å². The second kappa shape index (κ2) is 12.0. The zero-order valence-electron chi connectivity index (χ0n) is 19.5. The average Bonchev–Trinajstić information content (AvgIpc) is 2.53. The summed E-state index contributed by atoms with van der Waals surface area (Å²) in [5.41, 5.74) is 2.54. The van der Waals surface area contributed by atoms with E-state index in [4.69, 9.17) is 9.47 Å². The van der Waals surface area contributed by atoms with Gasteiger partial charge >= 0.3 is 12.2 Å². The number of amides is 2. The van der Waals surface area contributed by atoms with Crippen LogP contribution in [0.3, 0.4) is 0 Å². The summed E-state index contributed by atoms with van der Waals surface area (Å²) in [7, 11) is 0. The van der Waals surface area contributed by atoms with Gasteiger partial charge in [0, 0.05) is 0 Å². The molecule has 6 heteroatoms. The van der Waals surface area contributed by atoms with E-state index >= 15 is 0 Å². The van der Waals surface area contributed by atoms with Crippen LogP contribution in [-0.2, 0) is 9.47 Å². The second-order valence-corrected chi connectivity index (χ2v) is 9.06. The molecule has 0 radical (unpaired) electrons. The van der Waals surface area contributed by atoms with Crippen LogP contribution in [0.4, 0.5) is 9.59 Å². The van der Waals surface area contributed by atoms with Gasteiger partial charge in [-0.2, -0.15) is 0 Å². The monoisotopic (exact) mass is 398 g/mol. The lowest BCUT2D eigenvalue weighted by Crippen LogP contribution is -2.54. The molecule has 0 aromatic carbocycles. The molecule has 0 spiro atoms. The highest BCUT2D eigenvalue weighted by atomic mass is 16.6. The summed E-state index contributed by atoms with van der Waals surface area (Å²) in [6.45, 7) is 17.1. The van der Waals surface area contributed by atoms with Crippen molar-refractivity contribution < 1.29 is 19.1 Å². The number of unbranched alkanes of at least 4 members (excludes halogenated alkanes) is 2. The van der Waals surface area contributed by atoms with Crippen LogP contribution >= 0.6 is 0 Å². The third-order valence-corrected chi connectivity index (χ3v) is 3.97. The number of rotatable bonds is 8. The van der Waals surface area contributed by atoms with E-state index in [9.17, 15) is 9.59 Å². The van der Waals surface area contributed by atoms with Gasteiger partial charge in [-0.05, 0) is 60.8 Å². The van der Waals surface area contributed by atoms with Crippen molar-refractivity contribution in [2.24, 2.45) is 0 Å². The summed E-state index contributed by atoms with van der Waals surface area (Å²) in [5, 5.41) is 1.29. The van der Waals surface area contributed by atoms with Crippen molar-refractivity contribution in [3.63, 3.8) is 0 Å². The van der Waals surface area contributed by atoms with Crippen LogP contribution in [0.25, 0.3) is 0 Å². The molecule has 0 aliphatic heterocycles. The van der Waals surface area contributed by atoms with E-state index in [0.29, 0.717) is 0 Å². The van der Waals surface area contributed by atoms with Crippen LogP contribution < -0.4 is 5.43 Å². The molecule has 0 aliphatic carbocycles. The van der Waals surface area contributed by atoms with Gasteiger partial charge in [-0.1, -0.05) is 51.7 Å². The van der Waals surface area contributed by atoms with Gasteiger partial charge in [-0.15, -0.1) is 0 Å². The minimum atomic E-state index is -0.666. The summed E-state index contributed by atoms with van der Waals surface area (Å²) in [5.74, 6) is 0. The van der Waals surface area contributed by atoms with E-state index in [1.165, 1.54) is 10.6 Å². The highest BCUT2D eigenvalue weighted by Crippen LogP contribution is 2.19. The minimum Gasteiger partial charge on any atom is -0.443 e. The Morgan fingerprint density at radius 3 is 1.89 bits per heavy atom. The third kappa shape index (κ3) is 11.9. The predicted molar refractivity (Wildman–Crippen MR) is 114 cm³/mol. The van der Waals surface area contributed by atoms with Gasteiger partial charge in [0.1, 0.15) is 11.2 Å². The van der Waals surface area contributed by atoms with Gasteiger partial charge in [-0.3, -0.25) is 0 Å². The minimum absolute atomic E-state index is 0.288.